The van der Waals surface area contributed by atoms with Gasteiger partial charge in [-0.3, -0.25) is 0 Å². The molecule has 0 radical (unpaired) electrons. The summed E-state index contributed by atoms with van der Waals surface area (Å²) in [6, 6.07) is 8.40. The van der Waals surface area contributed by atoms with Gasteiger partial charge in [0.15, 0.2) is 0 Å². The maximum Gasteiger partial charge on any atom is 0.123 e. The second kappa shape index (κ2) is 6.10. The van der Waals surface area contributed by atoms with Crippen LogP contribution in [0, 0.1) is 0 Å². The molecule has 0 spiro atoms. The zero-order valence-corrected chi connectivity index (χ0v) is 12.3. The summed E-state index contributed by atoms with van der Waals surface area (Å²) >= 11 is 0. The van der Waals surface area contributed by atoms with E-state index < -0.39 is 0 Å². The summed E-state index contributed by atoms with van der Waals surface area (Å²) in [6.07, 6.45) is 11.3. The van der Waals surface area contributed by atoms with Crippen molar-refractivity contribution >= 4 is 0 Å². The zero-order valence-electron chi connectivity index (χ0n) is 12.3. The number of hydrogen-bond acceptors (Lipinski definition) is 1. The van der Waals surface area contributed by atoms with Crippen molar-refractivity contribution in [2.24, 2.45) is 0 Å². The first-order valence-electron chi connectivity index (χ1n) is 7.17. The maximum absolute atomic E-state index is 6.03. The highest BCUT2D eigenvalue weighted by atomic mass is 16.5. The van der Waals surface area contributed by atoms with Crippen LogP contribution in [0.4, 0.5) is 0 Å². The van der Waals surface area contributed by atoms with Gasteiger partial charge in [0.1, 0.15) is 11.4 Å². The fraction of sp³-hybridized carbons (Fsp3) is 0.444. The molecule has 0 fully saturated rings. The molecule has 0 unspecified atom stereocenters. The van der Waals surface area contributed by atoms with E-state index in [4.69, 9.17) is 4.74 Å². The Hall–Kier alpha value is -1.50. The van der Waals surface area contributed by atoms with Crippen LogP contribution >= 0.6 is 0 Å². The van der Waals surface area contributed by atoms with Crippen LogP contribution < -0.4 is 4.74 Å². The van der Waals surface area contributed by atoms with E-state index in [2.05, 4.69) is 57.2 Å². The quantitative estimate of drug-likeness (QED) is 0.714. The third kappa shape index (κ3) is 4.59. The molecule has 0 heterocycles. The summed E-state index contributed by atoms with van der Waals surface area (Å²) in [5.74, 6) is 1.03. The monoisotopic (exact) mass is 256 g/mol. The zero-order chi connectivity index (χ0) is 13.7. The SMILES string of the molecule is CC(C)(C)Oc1ccccc1CCCC1=CCC=C1. The summed E-state index contributed by atoms with van der Waals surface area (Å²) in [4.78, 5) is 0. The van der Waals surface area contributed by atoms with Gasteiger partial charge in [-0.15, -0.1) is 0 Å². The van der Waals surface area contributed by atoms with Crippen LogP contribution in [0.2, 0.25) is 0 Å². The lowest BCUT2D eigenvalue weighted by molar-refractivity contribution is 0.129. The number of allylic oxidation sites excluding steroid dienone is 4. The minimum absolute atomic E-state index is 0.132. The van der Waals surface area contributed by atoms with Gasteiger partial charge in [0.25, 0.3) is 0 Å². The number of aryl methyl sites for hydroxylation is 1. The van der Waals surface area contributed by atoms with Crippen LogP contribution in [-0.2, 0) is 6.42 Å². The first-order valence-corrected chi connectivity index (χ1v) is 7.17. The molecule has 0 saturated carbocycles. The van der Waals surface area contributed by atoms with E-state index in [-0.39, 0.29) is 5.60 Å². The molecule has 1 aromatic rings. The molecule has 19 heavy (non-hydrogen) atoms. The van der Waals surface area contributed by atoms with E-state index in [0.717, 1.165) is 18.6 Å². The fourth-order valence-corrected chi connectivity index (χ4v) is 2.32. The molecule has 1 aliphatic rings. The van der Waals surface area contributed by atoms with Crippen LogP contribution in [0.1, 0.15) is 45.6 Å². The van der Waals surface area contributed by atoms with Gasteiger partial charge >= 0.3 is 0 Å². The molecule has 0 amide bonds. The first kappa shape index (κ1) is 13.9. The van der Waals surface area contributed by atoms with E-state index >= 15 is 0 Å². The largest absolute Gasteiger partial charge is 0.488 e. The van der Waals surface area contributed by atoms with Crippen molar-refractivity contribution in [2.75, 3.05) is 0 Å². The molecule has 0 aliphatic heterocycles. The van der Waals surface area contributed by atoms with Crippen LogP contribution in [0.5, 0.6) is 5.75 Å². The highest BCUT2D eigenvalue weighted by molar-refractivity contribution is 5.34. The first-order chi connectivity index (χ1) is 9.04. The van der Waals surface area contributed by atoms with Gasteiger partial charge in [-0.25, -0.2) is 0 Å². The van der Waals surface area contributed by atoms with E-state index in [1.54, 1.807) is 0 Å². The summed E-state index contributed by atoms with van der Waals surface area (Å²) < 4.78 is 6.03. The number of benzene rings is 1. The summed E-state index contributed by atoms with van der Waals surface area (Å²) in [5.41, 5.74) is 2.67. The van der Waals surface area contributed by atoms with Gasteiger partial charge in [-0.05, 0) is 58.1 Å². The van der Waals surface area contributed by atoms with Gasteiger partial charge in [-0.2, -0.15) is 0 Å². The topological polar surface area (TPSA) is 9.23 Å². The van der Waals surface area contributed by atoms with E-state index in [1.807, 2.05) is 6.07 Å². The summed E-state index contributed by atoms with van der Waals surface area (Å²) in [5, 5.41) is 0. The van der Waals surface area contributed by atoms with Gasteiger partial charge < -0.3 is 4.74 Å². The fourth-order valence-electron chi connectivity index (χ4n) is 2.32. The second-order valence-corrected chi connectivity index (χ2v) is 6.09. The molecule has 0 aromatic heterocycles. The number of hydrogen-bond donors (Lipinski definition) is 0. The third-order valence-electron chi connectivity index (χ3n) is 3.15. The van der Waals surface area contributed by atoms with Crippen molar-refractivity contribution in [3.63, 3.8) is 0 Å². The maximum atomic E-state index is 6.03. The van der Waals surface area contributed by atoms with Crippen molar-refractivity contribution in [3.05, 3.63) is 53.6 Å². The van der Waals surface area contributed by atoms with Crippen molar-refractivity contribution in [2.45, 2.75) is 52.1 Å². The Kier molecular flexibility index (Phi) is 4.47. The van der Waals surface area contributed by atoms with Crippen molar-refractivity contribution in [3.8, 4) is 5.75 Å². The molecule has 0 bridgehead atoms. The normalized spacial score (nSPS) is 14.6. The lowest BCUT2D eigenvalue weighted by atomic mass is 10.0. The third-order valence-corrected chi connectivity index (χ3v) is 3.15. The highest BCUT2D eigenvalue weighted by Crippen LogP contribution is 2.25. The Balaban J connectivity index is 1.93. The minimum Gasteiger partial charge on any atom is -0.488 e. The predicted octanol–water partition coefficient (Wildman–Crippen LogP) is 5.07. The second-order valence-electron chi connectivity index (χ2n) is 6.09. The molecule has 1 nitrogen and oxygen atoms in total. The van der Waals surface area contributed by atoms with Crippen LogP contribution in [0.25, 0.3) is 0 Å². The molecular weight excluding hydrogens is 232 g/mol. The van der Waals surface area contributed by atoms with Crippen molar-refractivity contribution in [1.29, 1.82) is 0 Å². The molecule has 0 N–H and O–H groups in total. The van der Waals surface area contributed by atoms with E-state index in [9.17, 15) is 0 Å². The predicted molar refractivity (Wildman–Crippen MR) is 81.6 cm³/mol. The summed E-state index contributed by atoms with van der Waals surface area (Å²) in [6.45, 7) is 6.29. The van der Waals surface area contributed by atoms with Gasteiger partial charge in [0.05, 0.1) is 0 Å². The van der Waals surface area contributed by atoms with Crippen LogP contribution in [-0.4, -0.2) is 5.60 Å². The minimum atomic E-state index is -0.132. The Morgan fingerprint density at radius 1 is 1.11 bits per heavy atom. The lowest BCUT2D eigenvalue weighted by Crippen LogP contribution is -2.23. The average molecular weight is 256 g/mol. The molecule has 1 aliphatic carbocycles. The molecular formula is C18H24O. The smallest absolute Gasteiger partial charge is 0.123 e. The van der Waals surface area contributed by atoms with E-state index in [0.29, 0.717) is 0 Å². The molecule has 0 atom stereocenters. The van der Waals surface area contributed by atoms with Gasteiger partial charge in [-0.1, -0.05) is 42.0 Å². The standard InChI is InChI=1S/C18H24O/c1-18(2,3)19-17-14-7-6-12-16(17)13-8-11-15-9-4-5-10-15/h4,6-7,9-10,12,14H,5,8,11,13H2,1-3H3. The van der Waals surface area contributed by atoms with Crippen molar-refractivity contribution in [1.82, 2.24) is 0 Å². The van der Waals surface area contributed by atoms with Crippen molar-refractivity contribution < 1.29 is 4.74 Å². The lowest BCUT2D eigenvalue weighted by Gasteiger charge is -2.23. The van der Waals surface area contributed by atoms with Gasteiger partial charge in [0.2, 0.25) is 0 Å². The molecule has 1 heteroatoms. The summed E-state index contributed by atoms with van der Waals surface area (Å²) in [7, 11) is 0. The number of ether oxygens (including phenoxy) is 1. The van der Waals surface area contributed by atoms with E-state index in [1.165, 1.54) is 24.0 Å². The molecule has 1 aromatic carbocycles. The average Bonchev–Trinajstić information content (AvgIpc) is 2.82. The van der Waals surface area contributed by atoms with Crippen LogP contribution in [0.3, 0.4) is 0 Å². The Labute approximate surface area is 117 Å². The molecule has 2 rings (SSSR count). The highest BCUT2D eigenvalue weighted by Gasteiger charge is 2.14. The van der Waals surface area contributed by atoms with Crippen LogP contribution in [0.15, 0.2) is 48.1 Å². The molecule has 0 saturated heterocycles. The van der Waals surface area contributed by atoms with Gasteiger partial charge in [0, 0.05) is 0 Å². The molecule has 102 valence electrons. The Morgan fingerprint density at radius 3 is 2.58 bits per heavy atom. The Morgan fingerprint density at radius 2 is 1.89 bits per heavy atom. The Bertz CT molecular complexity index is 475. The number of rotatable bonds is 5. The number of para-hydroxylation sites is 1.